The van der Waals surface area contributed by atoms with Crippen LogP contribution in [0.2, 0.25) is 5.02 Å². The first-order valence-corrected chi connectivity index (χ1v) is 6.61. The van der Waals surface area contributed by atoms with E-state index >= 15 is 0 Å². The molecular formula is C15H18ClN3. The van der Waals surface area contributed by atoms with Gasteiger partial charge in [0.05, 0.1) is 17.6 Å². The van der Waals surface area contributed by atoms with Crippen LogP contribution in [0.15, 0.2) is 42.6 Å². The molecule has 3 nitrogen and oxygen atoms in total. The Hall–Kier alpha value is -1.58. The molecule has 1 heterocycles. The molecule has 0 spiro atoms. The lowest BCUT2D eigenvalue weighted by atomic mass is 10.2. The van der Waals surface area contributed by atoms with Crippen LogP contribution in [0.3, 0.4) is 0 Å². The molecule has 1 aromatic carbocycles. The molecule has 0 aliphatic carbocycles. The number of nitrogens with zero attached hydrogens (tertiary/aromatic N) is 2. The number of rotatable bonds is 4. The van der Waals surface area contributed by atoms with Crippen molar-refractivity contribution in [3.05, 3.63) is 58.9 Å². The van der Waals surface area contributed by atoms with Crippen molar-refractivity contribution in [3.63, 3.8) is 0 Å². The van der Waals surface area contributed by atoms with E-state index in [1.54, 1.807) is 0 Å². The Bertz CT molecular complexity index is 520. The number of hydrogen-bond acceptors (Lipinski definition) is 3. The van der Waals surface area contributed by atoms with Gasteiger partial charge in [-0.15, -0.1) is 0 Å². The van der Waals surface area contributed by atoms with E-state index in [1.807, 2.05) is 56.6 Å². The van der Waals surface area contributed by atoms with E-state index < -0.39 is 0 Å². The molecule has 19 heavy (non-hydrogen) atoms. The van der Waals surface area contributed by atoms with E-state index in [9.17, 15) is 0 Å². The van der Waals surface area contributed by atoms with E-state index in [1.165, 1.54) is 5.56 Å². The van der Waals surface area contributed by atoms with Gasteiger partial charge in [0.15, 0.2) is 0 Å². The molecule has 2 aromatic rings. The molecule has 0 aliphatic heterocycles. The summed E-state index contributed by atoms with van der Waals surface area (Å²) in [5.74, 6) is 0. The third-order valence-corrected chi connectivity index (χ3v) is 3.26. The van der Waals surface area contributed by atoms with Crippen molar-refractivity contribution < 1.29 is 0 Å². The summed E-state index contributed by atoms with van der Waals surface area (Å²) >= 11 is 5.88. The van der Waals surface area contributed by atoms with Crippen LogP contribution < -0.4 is 10.6 Å². The van der Waals surface area contributed by atoms with Gasteiger partial charge in [0.2, 0.25) is 0 Å². The average molecular weight is 276 g/mol. The second-order valence-corrected chi connectivity index (χ2v) is 5.15. The van der Waals surface area contributed by atoms with E-state index in [0.29, 0.717) is 0 Å². The molecule has 1 atom stereocenters. The van der Waals surface area contributed by atoms with Crippen LogP contribution in [0.4, 0.5) is 5.69 Å². The molecule has 0 aliphatic rings. The maximum absolute atomic E-state index is 5.88. The SMILES string of the molecule is C[C@H](N)c1ccc(N(C)Cc2ccc(Cl)cc2)cn1. The van der Waals surface area contributed by atoms with Gasteiger partial charge >= 0.3 is 0 Å². The van der Waals surface area contributed by atoms with E-state index in [4.69, 9.17) is 17.3 Å². The van der Waals surface area contributed by atoms with E-state index in [-0.39, 0.29) is 6.04 Å². The summed E-state index contributed by atoms with van der Waals surface area (Å²) in [7, 11) is 2.04. The van der Waals surface area contributed by atoms with Gasteiger partial charge in [-0.1, -0.05) is 23.7 Å². The van der Waals surface area contributed by atoms with Crippen molar-refractivity contribution in [1.29, 1.82) is 0 Å². The zero-order valence-corrected chi connectivity index (χ0v) is 11.9. The predicted molar refractivity (Wildman–Crippen MR) is 80.4 cm³/mol. The highest BCUT2D eigenvalue weighted by Gasteiger charge is 2.05. The van der Waals surface area contributed by atoms with Crippen LogP contribution in [0, 0.1) is 0 Å². The average Bonchev–Trinajstić information content (AvgIpc) is 2.41. The maximum atomic E-state index is 5.88. The van der Waals surface area contributed by atoms with Crippen molar-refractivity contribution in [2.75, 3.05) is 11.9 Å². The fourth-order valence-corrected chi connectivity index (χ4v) is 1.97. The Labute approximate surface area is 119 Å². The summed E-state index contributed by atoms with van der Waals surface area (Å²) in [5.41, 5.74) is 8.98. The van der Waals surface area contributed by atoms with Crippen LogP contribution >= 0.6 is 11.6 Å². The van der Waals surface area contributed by atoms with Gasteiger partial charge in [0.25, 0.3) is 0 Å². The minimum absolute atomic E-state index is 0.0318. The fraction of sp³-hybridized carbons (Fsp3) is 0.267. The van der Waals surface area contributed by atoms with Gasteiger partial charge < -0.3 is 10.6 Å². The zero-order chi connectivity index (χ0) is 13.8. The van der Waals surface area contributed by atoms with Gasteiger partial charge in [-0.3, -0.25) is 4.98 Å². The molecule has 0 radical (unpaired) electrons. The number of nitrogens with two attached hydrogens (primary N) is 1. The summed E-state index contributed by atoms with van der Waals surface area (Å²) in [6.07, 6.45) is 1.86. The summed E-state index contributed by atoms with van der Waals surface area (Å²) in [6, 6.07) is 11.9. The molecule has 0 saturated heterocycles. The molecule has 100 valence electrons. The smallest absolute Gasteiger partial charge is 0.0569 e. The van der Waals surface area contributed by atoms with Crippen molar-refractivity contribution in [2.45, 2.75) is 19.5 Å². The third kappa shape index (κ3) is 3.69. The lowest BCUT2D eigenvalue weighted by Gasteiger charge is -2.19. The lowest BCUT2D eigenvalue weighted by Crippen LogP contribution is -2.17. The van der Waals surface area contributed by atoms with Gasteiger partial charge in [-0.2, -0.15) is 0 Å². The monoisotopic (exact) mass is 275 g/mol. The number of hydrogen-bond donors (Lipinski definition) is 1. The van der Waals surface area contributed by atoms with Gasteiger partial charge in [0, 0.05) is 24.7 Å². The third-order valence-electron chi connectivity index (χ3n) is 3.01. The van der Waals surface area contributed by atoms with Crippen molar-refractivity contribution in [1.82, 2.24) is 4.98 Å². The second-order valence-electron chi connectivity index (χ2n) is 4.71. The minimum atomic E-state index is -0.0318. The Morgan fingerprint density at radius 1 is 1.21 bits per heavy atom. The summed E-state index contributed by atoms with van der Waals surface area (Å²) < 4.78 is 0. The molecule has 0 bridgehead atoms. The highest BCUT2D eigenvalue weighted by molar-refractivity contribution is 6.30. The number of benzene rings is 1. The highest BCUT2D eigenvalue weighted by atomic mass is 35.5. The minimum Gasteiger partial charge on any atom is -0.369 e. The molecule has 2 rings (SSSR count). The van der Waals surface area contributed by atoms with Crippen LogP contribution in [0.25, 0.3) is 0 Å². The Morgan fingerprint density at radius 3 is 2.42 bits per heavy atom. The van der Waals surface area contributed by atoms with Gasteiger partial charge in [0.1, 0.15) is 0 Å². The topological polar surface area (TPSA) is 42.1 Å². The quantitative estimate of drug-likeness (QED) is 0.930. The molecule has 2 N–H and O–H groups in total. The van der Waals surface area contributed by atoms with Gasteiger partial charge in [-0.25, -0.2) is 0 Å². The second kappa shape index (κ2) is 6.04. The van der Waals surface area contributed by atoms with E-state index in [0.717, 1.165) is 22.9 Å². The lowest BCUT2D eigenvalue weighted by molar-refractivity contribution is 0.779. The zero-order valence-electron chi connectivity index (χ0n) is 11.2. The van der Waals surface area contributed by atoms with Crippen molar-refractivity contribution in [2.24, 2.45) is 5.73 Å². The van der Waals surface area contributed by atoms with Crippen LogP contribution in [0.1, 0.15) is 24.2 Å². The first-order chi connectivity index (χ1) is 9.06. The van der Waals surface area contributed by atoms with Crippen molar-refractivity contribution >= 4 is 17.3 Å². The number of aromatic nitrogens is 1. The molecule has 1 aromatic heterocycles. The standard InChI is InChI=1S/C15H18ClN3/c1-11(17)15-8-7-14(9-18-15)19(2)10-12-3-5-13(16)6-4-12/h3-9,11H,10,17H2,1-2H3/t11-/m0/s1. The van der Waals surface area contributed by atoms with Gasteiger partial charge in [-0.05, 0) is 36.8 Å². The number of halogens is 1. The molecule has 0 unspecified atom stereocenters. The summed E-state index contributed by atoms with van der Waals surface area (Å²) in [4.78, 5) is 6.51. The Balaban J connectivity index is 2.07. The van der Waals surface area contributed by atoms with Crippen LogP contribution in [-0.4, -0.2) is 12.0 Å². The predicted octanol–water partition coefficient (Wildman–Crippen LogP) is 3.39. The maximum Gasteiger partial charge on any atom is 0.0569 e. The molecule has 4 heteroatoms. The van der Waals surface area contributed by atoms with Crippen molar-refractivity contribution in [3.8, 4) is 0 Å². The summed E-state index contributed by atoms with van der Waals surface area (Å²) in [5, 5.41) is 0.759. The fourth-order valence-electron chi connectivity index (χ4n) is 1.85. The first-order valence-electron chi connectivity index (χ1n) is 6.23. The molecular weight excluding hydrogens is 258 g/mol. The van der Waals surface area contributed by atoms with Crippen LogP contribution in [0.5, 0.6) is 0 Å². The van der Waals surface area contributed by atoms with E-state index in [2.05, 4.69) is 9.88 Å². The first kappa shape index (κ1) is 13.8. The number of anilines is 1. The number of pyridine rings is 1. The highest BCUT2D eigenvalue weighted by Crippen LogP contribution is 2.17. The molecule has 0 fully saturated rings. The normalized spacial score (nSPS) is 12.2. The summed E-state index contributed by atoms with van der Waals surface area (Å²) in [6.45, 7) is 2.75. The van der Waals surface area contributed by atoms with Crippen LogP contribution in [-0.2, 0) is 6.54 Å². The molecule has 0 saturated carbocycles. The molecule has 0 amide bonds. The largest absolute Gasteiger partial charge is 0.369 e. The Morgan fingerprint density at radius 2 is 1.89 bits per heavy atom. The Kier molecular flexibility index (Phi) is 4.40.